The van der Waals surface area contributed by atoms with Crippen LogP contribution in [0.5, 0.6) is 5.75 Å². The van der Waals surface area contributed by atoms with Crippen molar-refractivity contribution >= 4 is 39.1 Å². The minimum Gasteiger partial charge on any atom is -0.495 e. The lowest BCUT2D eigenvalue weighted by molar-refractivity contribution is -0.134. The summed E-state index contributed by atoms with van der Waals surface area (Å²) in [6.45, 7) is 2.59. The number of nitrogens with zero attached hydrogens (tertiary/aromatic N) is 2. The van der Waals surface area contributed by atoms with Crippen LogP contribution in [0.15, 0.2) is 48.5 Å². The van der Waals surface area contributed by atoms with Crippen molar-refractivity contribution in [2.75, 3.05) is 25.5 Å². The summed E-state index contributed by atoms with van der Waals surface area (Å²) in [7, 11) is 1.56. The van der Waals surface area contributed by atoms with Gasteiger partial charge in [0, 0.05) is 13.0 Å². The highest BCUT2D eigenvalue weighted by Crippen LogP contribution is 2.24. The molecule has 0 saturated heterocycles. The quantitative estimate of drug-likeness (QED) is 0.519. The number of para-hydroxylation sites is 3. The van der Waals surface area contributed by atoms with Crippen molar-refractivity contribution in [2.45, 2.75) is 32.6 Å². The topological polar surface area (TPSA) is 71.5 Å². The third-order valence-corrected chi connectivity index (χ3v) is 5.78. The standard InChI is InChI=1S/C23H27N3O3S/c1-3-15-26(16-21(27)24-17-9-4-6-11-19(17)29-2)23(28)14-8-13-22-25-18-10-5-7-12-20(18)30-22/h4-7,9-12H,3,8,13-16H2,1-2H3,(H,24,27). The van der Waals surface area contributed by atoms with Gasteiger partial charge in [-0.1, -0.05) is 31.2 Å². The molecule has 0 aliphatic carbocycles. The first-order valence-corrected chi connectivity index (χ1v) is 11.0. The molecule has 0 bridgehead atoms. The Bertz CT molecular complexity index is 969. The smallest absolute Gasteiger partial charge is 0.244 e. The lowest BCUT2D eigenvalue weighted by atomic mass is 10.2. The van der Waals surface area contributed by atoms with E-state index in [4.69, 9.17) is 4.74 Å². The van der Waals surface area contributed by atoms with Gasteiger partial charge in [0.05, 0.1) is 34.6 Å². The van der Waals surface area contributed by atoms with E-state index in [9.17, 15) is 9.59 Å². The zero-order chi connectivity index (χ0) is 21.3. The molecule has 0 unspecified atom stereocenters. The van der Waals surface area contributed by atoms with Crippen molar-refractivity contribution in [1.82, 2.24) is 9.88 Å². The number of methoxy groups -OCH3 is 1. The summed E-state index contributed by atoms with van der Waals surface area (Å²) in [5, 5.41) is 3.88. The number of anilines is 1. The number of nitrogens with one attached hydrogen (secondary N) is 1. The maximum atomic E-state index is 12.7. The van der Waals surface area contributed by atoms with Gasteiger partial charge < -0.3 is 15.0 Å². The van der Waals surface area contributed by atoms with Gasteiger partial charge in [0.2, 0.25) is 11.8 Å². The van der Waals surface area contributed by atoms with Crippen LogP contribution in [0.2, 0.25) is 0 Å². The second-order valence-electron chi connectivity index (χ2n) is 6.99. The molecule has 2 aromatic carbocycles. The zero-order valence-corrected chi connectivity index (χ0v) is 18.2. The summed E-state index contributed by atoms with van der Waals surface area (Å²) in [5.74, 6) is 0.357. The number of thiazole rings is 1. The molecule has 6 nitrogen and oxygen atoms in total. The molecular formula is C23H27N3O3S. The highest BCUT2D eigenvalue weighted by molar-refractivity contribution is 7.18. The number of fused-ring (bicyclic) bond motifs is 1. The van der Waals surface area contributed by atoms with Gasteiger partial charge >= 0.3 is 0 Å². The second kappa shape index (κ2) is 10.7. The van der Waals surface area contributed by atoms with Crippen molar-refractivity contribution in [1.29, 1.82) is 0 Å². The predicted molar refractivity (Wildman–Crippen MR) is 121 cm³/mol. The number of carbonyl (C=O) groups is 2. The Kier molecular flexibility index (Phi) is 7.79. The molecular weight excluding hydrogens is 398 g/mol. The van der Waals surface area contributed by atoms with Crippen LogP contribution in [-0.4, -0.2) is 41.9 Å². The van der Waals surface area contributed by atoms with Gasteiger partial charge in [0.25, 0.3) is 0 Å². The minimum atomic E-state index is -0.229. The fraction of sp³-hybridized carbons (Fsp3) is 0.348. The number of carbonyl (C=O) groups excluding carboxylic acids is 2. The number of rotatable bonds is 10. The molecule has 0 atom stereocenters. The van der Waals surface area contributed by atoms with Gasteiger partial charge in [-0.05, 0) is 43.5 Å². The Labute approximate surface area is 180 Å². The van der Waals surface area contributed by atoms with E-state index >= 15 is 0 Å². The summed E-state index contributed by atoms with van der Waals surface area (Å²) in [6.07, 6.45) is 2.68. The average Bonchev–Trinajstić information content (AvgIpc) is 3.16. The molecule has 30 heavy (non-hydrogen) atoms. The Balaban J connectivity index is 1.52. The van der Waals surface area contributed by atoms with Crippen LogP contribution in [0.4, 0.5) is 5.69 Å². The van der Waals surface area contributed by atoms with E-state index in [0.717, 1.165) is 23.4 Å². The van der Waals surface area contributed by atoms with Crippen LogP contribution >= 0.6 is 11.3 Å². The van der Waals surface area contributed by atoms with E-state index in [2.05, 4.69) is 16.4 Å². The summed E-state index contributed by atoms with van der Waals surface area (Å²) >= 11 is 1.67. The molecule has 0 spiro atoms. The molecule has 7 heteroatoms. The maximum absolute atomic E-state index is 12.7. The molecule has 0 aliphatic heterocycles. The van der Waals surface area contributed by atoms with E-state index in [-0.39, 0.29) is 18.4 Å². The number of ether oxygens (including phenoxy) is 1. The van der Waals surface area contributed by atoms with Crippen LogP contribution in [-0.2, 0) is 16.0 Å². The first kappa shape index (κ1) is 21.8. The fourth-order valence-electron chi connectivity index (χ4n) is 3.25. The van der Waals surface area contributed by atoms with Gasteiger partial charge in [-0.25, -0.2) is 4.98 Å². The lowest BCUT2D eigenvalue weighted by Gasteiger charge is -2.22. The number of aromatic nitrogens is 1. The number of benzene rings is 2. The first-order chi connectivity index (χ1) is 14.6. The van der Waals surface area contributed by atoms with E-state index in [1.807, 2.05) is 37.3 Å². The maximum Gasteiger partial charge on any atom is 0.244 e. The molecule has 1 heterocycles. The first-order valence-electron chi connectivity index (χ1n) is 10.2. The molecule has 2 amide bonds. The monoisotopic (exact) mass is 425 g/mol. The third-order valence-electron chi connectivity index (χ3n) is 4.68. The average molecular weight is 426 g/mol. The molecule has 0 radical (unpaired) electrons. The Morgan fingerprint density at radius 1 is 1.13 bits per heavy atom. The van der Waals surface area contributed by atoms with Crippen molar-refractivity contribution in [3.8, 4) is 5.75 Å². The second-order valence-corrected chi connectivity index (χ2v) is 8.11. The highest BCUT2D eigenvalue weighted by Gasteiger charge is 2.17. The van der Waals surface area contributed by atoms with Gasteiger partial charge in [0.1, 0.15) is 5.75 Å². The molecule has 0 aliphatic rings. The Morgan fingerprint density at radius 2 is 1.90 bits per heavy atom. The van der Waals surface area contributed by atoms with Crippen LogP contribution in [0.3, 0.4) is 0 Å². The Morgan fingerprint density at radius 3 is 2.67 bits per heavy atom. The molecule has 0 saturated carbocycles. The number of hydrogen-bond acceptors (Lipinski definition) is 5. The van der Waals surface area contributed by atoms with Gasteiger partial charge in [-0.2, -0.15) is 0 Å². The van der Waals surface area contributed by atoms with E-state index < -0.39 is 0 Å². The minimum absolute atomic E-state index is 0.00635. The van der Waals surface area contributed by atoms with E-state index in [0.29, 0.717) is 30.8 Å². The van der Waals surface area contributed by atoms with Crippen LogP contribution in [0, 0.1) is 0 Å². The summed E-state index contributed by atoms with van der Waals surface area (Å²) in [4.78, 5) is 31.5. The third kappa shape index (κ3) is 5.79. The van der Waals surface area contributed by atoms with Crippen LogP contribution < -0.4 is 10.1 Å². The van der Waals surface area contributed by atoms with Crippen molar-refractivity contribution in [3.63, 3.8) is 0 Å². The van der Waals surface area contributed by atoms with Gasteiger partial charge in [0.15, 0.2) is 0 Å². The summed E-state index contributed by atoms with van der Waals surface area (Å²) in [5.41, 5.74) is 1.61. The van der Waals surface area contributed by atoms with Gasteiger partial charge in [-0.3, -0.25) is 9.59 Å². The normalized spacial score (nSPS) is 10.7. The number of amides is 2. The molecule has 158 valence electrons. The molecule has 1 aromatic heterocycles. The van der Waals surface area contributed by atoms with Gasteiger partial charge in [-0.15, -0.1) is 11.3 Å². The van der Waals surface area contributed by atoms with Crippen molar-refractivity contribution in [2.24, 2.45) is 0 Å². The number of hydrogen-bond donors (Lipinski definition) is 1. The molecule has 3 rings (SSSR count). The van der Waals surface area contributed by atoms with E-state index in [1.165, 1.54) is 4.70 Å². The zero-order valence-electron chi connectivity index (χ0n) is 17.4. The van der Waals surface area contributed by atoms with Crippen LogP contribution in [0.1, 0.15) is 31.2 Å². The molecule has 0 fully saturated rings. The highest BCUT2D eigenvalue weighted by atomic mass is 32.1. The van der Waals surface area contributed by atoms with Crippen molar-refractivity contribution in [3.05, 3.63) is 53.5 Å². The lowest BCUT2D eigenvalue weighted by Crippen LogP contribution is -2.38. The SMILES string of the molecule is CCCN(CC(=O)Nc1ccccc1OC)C(=O)CCCc1nc2ccccc2s1. The largest absolute Gasteiger partial charge is 0.495 e. The predicted octanol–water partition coefficient (Wildman–Crippen LogP) is 4.50. The van der Waals surface area contributed by atoms with Crippen molar-refractivity contribution < 1.29 is 14.3 Å². The van der Waals surface area contributed by atoms with E-state index in [1.54, 1.807) is 35.5 Å². The fourth-order valence-corrected chi connectivity index (χ4v) is 4.26. The van der Waals surface area contributed by atoms with Crippen LogP contribution in [0.25, 0.3) is 10.2 Å². The molecule has 3 aromatic rings. The molecule has 1 N–H and O–H groups in total. The summed E-state index contributed by atoms with van der Waals surface area (Å²) < 4.78 is 6.43. The summed E-state index contributed by atoms with van der Waals surface area (Å²) in [6, 6.07) is 15.3. The number of aryl methyl sites for hydroxylation is 1. The Hall–Kier alpha value is -2.93.